The number of ether oxygens (including phenoxy) is 1. The van der Waals surface area contributed by atoms with E-state index in [0.717, 1.165) is 16.5 Å². The molecule has 2 aromatic carbocycles. The highest BCUT2D eigenvalue weighted by molar-refractivity contribution is 6.23. The van der Waals surface area contributed by atoms with Crippen molar-refractivity contribution in [2.45, 2.75) is 20.0 Å². The molecule has 0 fully saturated rings. The maximum atomic E-state index is 11.3. The Hall–Kier alpha value is -2.16. The van der Waals surface area contributed by atoms with Crippen molar-refractivity contribution in [2.75, 3.05) is 0 Å². The van der Waals surface area contributed by atoms with E-state index in [-0.39, 0.29) is 6.10 Å². The molecule has 0 amide bonds. The minimum Gasteiger partial charge on any atom is -0.459 e. The molecule has 0 saturated carbocycles. The maximum absolute atomic E-state index is 11.3. The van der Waals surface area contributed by atoms with Gasteiger partial charge in [0.15, 0.2) is 0 Å². The van der Waals surface area contributed by atoms with Crippen molar-refractivity contribution in [3.63, 3.8) is 0 Å². The minimum absolute atomic E-state index is 0.124. The van der Waals surface area contributed by atoms with Gasteiger partial charge in [0.1, 0.15) is 6.21 Å². The summed E-state index contributed by atoms with van der Waals surface area (Å²) in [7, 11) is 0. The first-order valence-corrected chi connectivity index (χ1v) is 5.88. The van der Waals surface area contributed by atoms with Crippen molar-refractivity contribution >= 4 is 28.6 Å². The first-order chi connectivity index (χ1) is 8.65. The van der Waals surface area contributed by atoms with Crippen LogP contribution in [0.15, 0.2) is 47.5 Å². The number of hydrogen-bond acceptors (Lipinski definition) is 3. The van der Waals surface area contributed by atoms with E-state index >= 15 is 0 Å². The average molecular weight is 241 g/mol. The Balaban J connectivity index is 2.17. The Labute approximate surface area is 106 Å². The second-order valence-electron chi connectivity index (χ2n) is 4.28. The third-order valence-electron chi connectivity index (χ3n) is 2.40. The molecule has 0 N–H and O–H groups in total. The van der Waals surface area contributed by atoms with Crippen molar-refractivity contribution in [3.8, 4) is 0 Å². The van der Waals surface area contributed by atoms with E-state index in [1.807, 2.05) is 56.3 Å². The molecule has 2 aromatic rings. The summed E-state index contributed by atoms with van der Waals surface area (Å²) in [5.41, 5.74) is 0.745. The van der Waals surface area contributed by atoms with Gasteiger partial charge in [-0.25, -0.2) is 9.79 Å². The fourth-order valence-corrected chi connectivity index (χ4v) is 1.65. The highest BCUT2D eigenvalue weighted by atomic mass is 16.5. The predicted octanol–water partition coefficient (Wildman–Crippen LogP) is 3.49. The molecule has 0 saturated heterocycles. The summed E-state index contributed by atoms with van der Waals surface area (Å²) in [4.78, 5) is 15.4. The lowest BCUT2D eigenvalue weighted by molar-refractivity contribution is -0.138. The molecule has 0 bridgehead atoms. The Bertz CT molecular complexity index is 588. The number of benzene rings is 2. The minimum atomic E-state index is -0.418. The zero-order chi connectivity index (χ0) is 13.0. The summed E-state index contributed by atoms with van der Waals surface area (Å²) in [6.07, 6.45) is 1.09. The monoisotopic (exact) mass is 241 g/mol. The third kappa shape index (κ3) is 3.17. The van der Waals surface area contributed by atoms with Gasteiger partial charge in [-0.05, 0) is 36.8 Å². The second-order valence-corrected chi connectivity index (χ2v) is 4.28. The van der Waals surface area contributed by atoms with Crippen LogP contribution in [0, 0.1) is 0 Å². The van der Waals surface area contributed by atoms with Gasteiger partial charge >= 0.3 is 5.97 Å². The lowest BCUT2D eigenvalue weighted by Crippen LogP contribution is -2.11. The van der Waals surface area contributed by atoms with Crippen molar-refractivity contribution in [1.82, 2.24) is 0 Å². The molecule has 18 heavy (non-hydrogen) atoms. The number of carbonyl (C=O) groups is 1. The highest BCUT2D eigenvalue weighted by Gasteiger charge is 2.01. The predicted molar refractivity (Wildman–Crippen MR) is 73.3 cm³/mol. The van der Waals surface area contributed by atoms with Gasteiger partial charge < -0.3 is 4.74 Å². The van der Waals surface area contributed by atoms with Crippen LogP contribution in [0.5, 0.6) is 0 Å². The molecule has 2 rings (SSSR count). The molecule has 3 heteroatoms. The van der Waals surface area contributed by atoms with Gasteiger partial charge in [-0.2, -0.15) is 0 Å². The maximum Gasteiger partial charge on any atom is 0.349 e. The summed E-state index contributed by atoms with van der Waals surface area (Å²) >= 11 is 0. The molecule has 92 valence electrons. The molecular weight excluding hydrogens is 226 g/mol. The highest BCUT2D eigenvalue weighted by Crippen LogP contribution is 2.20. The largest absolute Gasteiger partial charge is 0.459 e. The summed E-state index contributed by atoms with van der Waals surface area (Å²) in [6, 6.07) is 13.8. The number of fused-ring (bicyclic) bond motifs is 1. The van der Waals surface area contributed by atoms with Crippen molar-refractivity contribution < 1.29 is 9.53 Å². The summed E-state index contributed by atoms with van der Waals surface area (Å²) in [5.74, 6) is -0.418. The second kappa shape index (κ2) is 5.45. The van der Waals surface area contributed by atoms with Crippen LogP contribution in [0.3, 0.4) is 0 Å². The van der Waals surface area contributed by atoms with E-state index in [9.17, 15) is 4.79 Å². The quantitative estimate of drug-likeness (QED) is 0.609. The normalized spacial score (nSPS) is 11.3. The van der Waals surface area contributed by atoms with E-state index in [2.05, 4.69) is 4.99 Å². The van der Waals surface area contributed by atoms with E-state index in [1.165, 1.54) is 6.21 Å². The number of rotatable bonds is 3. The van der Waals surface area contributed by atoms with Gasteiger partial charge in [0, 0.05) is 0 Å². The lowest BCUT2D eigenvalue weighted by Gasteiger charge is -2.03. The SMILES string of the molecule is CC(C)OC(=O)C=Nc1ccc2ccccc2c1. The van der Waals surface area contributed by atoms with Gasteiger partial charge in [-0.1, -0.05) is 30.3 Å². The molecule has 0 heterocycles. The van der Waals surface area contributed by atoms with Gasteiger partial charge in [0.05, 0.1) is 11.8 Å². The molecular formula is C15H15NO2. The zero-order valence-corrected chi connectivity index (χ0v) is 10.5. The fraction of sp³-hybridized carbons (Fsp3) is 0.200. The standard InChI is InChI=1S/C15H15NO2/c1-11(2)18-15(17)10-16-14-8-7-12-5-3-4-6-13(12)9-14/h3-11H,1-2H3. The van der Waals surface area contributed by atoms with Crippen LogP contribution in [-0.4, -0.2) is 18.3 Å². The Morgan fingerprint density at radius 1 is 1.17 bits per heavy atom. The van der Waals surface area contributed by atoms with Crippen LogP contribution in [-0.2, 0) is 9.53 Å². The molecule has 0 radical (unpaired) electrons. The molecule has 0 aliphatic carbocycles. The summed E-state index contributed by atoms with van der Waals surface area (Å²) in [6.45, 7) is 3.61. The molecule has 0 aliphatic rings. The molecule has 3 nitrogen and oxygen atoms in total. The van der Waals surface area contributed by atoms with Gasteiger partial charge in [0.2, 0.25) is 0 Å². The average Bonchev–Trinajstić information content (AvgIpc) is 2.35. The van der Waals surface area contributed by atoms with Crippen molar-refractivity contribution in [1.29, 1.82) is 0 Å². The van der Waals surface area contributed by atoms with E-state index in [0.29, 0.717) is 0 Å². The Morgan fingerprint density at radius 2 is 1.89 bits per heavy atom. The van der Waals surface area contributed by atoms with Gasteiger partial charge in [0.25, 0.3) is 0 Å². The van der Waals surface area contributed by atoms with Gasteiger partial charge in [-0.3, -0.25) is 0 Å². The lowest BCUT2D eigenvalue weighted by atomic mass is 10.1. The van der Waals surface area contributed by atoms with E-state index in [1.54, 1.807) is 0 Å². The van der Waals surface area contributed by atoms with Crippen molar-refractivity contribution in [3.05, 3.63) is 42.5 Å². The number of hydrogen-bond donors (Lipinski definition) is 0. The van der Waals surface area contributed by atoms with Crippen molar-refractivity contribution in [2.24, 2.45) is 4.99 Å². The molecule has 0 spiro atoms. The number of nitrogens with zero attached hydrogens (tertiary/aromatic N) is 1. The van der Waals surface area contributed by atoms with Gasteiger partial charge in [-0.15, -0.1) is 0 Å². The molecule has 0 atom stereocenters. The number of aliphatic imine (C=N–C) groups is 1. The smallest absolute Gasteiger partial charge is 0.349 e. The van der Waals surface area contributed by atoms with Crippen LogP contribution in [0.25, 0.3) is 10.8 Å². The van der Waals surface area contributed by atoms with Crippen LogP contribution in [0.2, 0.25) is 0 Å². The third-order valence-corrected chi connectivity index (χ3v) is 2.40. The first kappa shape index (κ1) is 12.3. The summed E-state index contributed by atoms with van der Waals surface area (Å²) < 4.78 is 4.97. The fourth-order valence-electron chi connectivity index (χ4n) is 1.65. The van der Waals surface area contributed by atoms with Crippen LogP contribution < -0.4 is 0 Å². The van der Waals surface area contributed by atoms with E-state index < -0.39 is 5.97 Å². The Morgan fingerprint density at radius 3 is 2.61 bits per heavy atom. The topological polar surface area (TPSA) is 38.7 Å². The zero-order valence-electron chi connectivity index (χ0n) is 10.5. The van der Waals surface area contributed by atoms with Crippen LogP contribution in [0.1, 0.15) is 13.8 Å². The Kier molecular flexibility index (Phi) is 3.72. The van der Waals surface area contributed by atoms with Crippen LogP contribution >= 0.6 is 0 Å². The van der Waals surface area contributed by atoms with E-state index in [4.69, 9.17) is 4.74 Å². The number of esters is 1. The molecule has 0 unspecified atom stereocenters. The number of carbonyl (C=O) groups excluding carboxylic acids is 1. The van der Waals surface area contributed by atoms with Crippen LogP contribution in [0.4, 0.5) is 5.69 Å². The first-order valence-electron chi connectivity index (χ1n) is 5.88. The summed E-state index contributed by atoms with van der Waals surface area (Å²) in [5, 5.41) is 2.26. The molecule has 0 aliphatic heterocycles. The molecule has 0 aromatic heterocycles.